The molecule has 0 N–H and O–H groups in total. The van der Waals surface area contributed by atoms with Crippen LogP contribution in [-0.2, 0) is 26.7 Å². The predicted molar refractivity (Wildman–Crippen MR) is 34.6 cm³/mol. The Hall–Kier alpha value is -0.571. The van der Waals surface area contributed by atoms with Gasteiger partial charge in [-0.15, -0.1) is 0 Å². The quantitative estimate of drug-likeness (QED) is 0.506. The summed E-state index contributed by atoms with van der Waals surface area (Å²) in [5, 5.41) is 0. The van der Waals surface area contributed by atoms with Crippen molar-refractivity contribution < 1.29 is 61.2 Å². The number of carbonyl (C=O) groups is 2. The van der Waals surface area contributed by atoms with Crippen LogP contribution in [0.3, 0.4) is 0 Å². The number of halogens is 8. The topological polar surface area (TPSA) is 34.1 Å². The Morgan fingerprint density at radius 1 is 0.533 bits per heavy atom. The maximum Gasteiger partial charge on any atom is 2.00 e. The molecule has 0 unspecified atom stereocenters. The Morgan fingerprint density at radius 2 is 0.533 bits per heavy atom. The molecule has 0 fully saturated rings. The van der Waals surface area contributed by atoms with Crippen LogP contribution in [0.1, 0.15) is 0 Å². The molecule has 0 aromatic heterocycles. The van der Waals surface area contributed by atoms with Gasteiger partial charge in [0.05, 0.1) is 0 Å². The molecule has 0 heterocycles. The summed E-state index contributed by atoms with van der Waals surface area (Å²) in [4.78, 5) is 16.0. The van der Waals surface area contributed by atoms with Crippen molar-refractivity contribution in [1.29, 1.82) is 0 Å². The molecule has 94 valence electrons. The normalized spacial score (nSPS) is 8.53. The van der Waals surface area contributed by atoms with Gasteiger partial charge >= 0.3 is 31.6 Å². The van der Waals surface area contributed by atoms with Crippen LogP contribution in [0.15, 0.2) is 0 Å². The number of hydrogen-bond acceptors (Lipinski definition) is 2. The molecule has 0 aromatic carbocycles. The largest absolute Gasteiger partial charge is 2.00 e. The van der Waals surface area contributed by atoms with Crippen molar-refractivity contribution in [1.82, 2.24) is 0 Å². The first kappa shape index (κ1) is 29.3. The minimum atomic E-state index is -6.00. The molecule has 15 heavy (non-hydrogen) atoms. The van der Waals surface area contributed by atoms with Crippen molar-refractivity contribution in [3.63, 3.8) is 0 Å². The molecular formula is C2H4B2F8FeO2. The molecule has 0 radical (unpaired) electrons. The van der Waals surface area contributed by atoms with E-state index in [9.17, 15) is 34.5 Å². The van der Waals surface area contributed by atoms with E-state index in [1.54, 1.807) is 0 Å². The van der Waals surface area contributed by atoms with E-state index in [-0.39, 0.29) is 17.1 Å². The van der Waals surface area contributed by atoms with E-state index in [0.717, 1.165) is 0 Å². The summed E-state index contributed by atoms with van der Waals surface area (Å²) in [5.41, 5.74) is 0. The third-order valence-corrected chi connectivity index (χ3v) is 0. The fourth-order valence-electron chi connectivity index (χ4n) is 0. The van der Waals surface area contributed by atoms with E-state index >= 15 is 0 Å². The van der Waals surface area contributed by atoms with Crippen LogP contribution in [0.5, 0.6) is 0 Å². The smallest absolute Gasteiger partial charge is 0.418 e. The minimum Gasteiger partial charge on any atom is -0.418 e. The molecule has 2 nitrogen and oxygen atoms in total. The van der Waals surface area contributed by atoms with Gasteiger partial charge in [-0.2, -0.15) is 0 Å². The minimum absolute atomic E-state index is 0. The Kier molecular flexibility index (Phi) is 31.0. The van der Waals surface area contributed by atoms with Crippen LogP contribution < -0.4 is 0 Å². The van der Waals surface area contributed by atoms with E-state index in [1.807, 2.05) is 13.6 Å². The maximum atomic E-state index is 9.75. The molecule has 0 aliphatic carbocycles. The summed E-state index contributed by atoms with van der Waals surface area (Å²) in [6, 6.07) is 0. The molecule has 0 rings (SSSR count). The zero-order valence-electron chi connectivity index (χ0n) is 6.76. The summed E-state index contributed by atoms with van der Waals surface area (Å²) in [6.07, 6.45) is 0. The second kappa shape index (κ2) is 15.9. The van der Waals surface area contributed by atoms with Crippen molar-refractivity contribution in [2.24, 2.45) is 0 Å². The molecule has 13 heteroatoms. The van der Waals surface area contributed by atoms with Gasteiger partial charge in [0.15, 0.2) is 0 Å². The third kappa shape index (κ3) is 5390. The van der Waals surface area contributed by atoms with E-state index in [2.05, 4.69) is 0 Å². The predicted octanol–water partition coefficient (Wildman–Crippen LogP) is 2.23. The number of rotatable bonds is 0. The second-order valence-corrected chi connectivity index (χ2v) is 0.990. The zero-order chi connectivity index (χ0) is 13.0. The first-order valence-electron chi connectivity index (χ1n) is 2.32. The van der Waals surface area contributed by atoms with Gasteiger partial charge in [0, 0.05) is 0 Å². The molecule has 0 aliphatic heterocycles. The second-order valence-electron chi connectivity index (χ2n) is 0.990. The van der Waals surface area contributed by atoms with Gasteiger partial charge in [0.2, 0.25) is 0 Å². The van der Waals surface area contributed by atoms with Crippen molar-refractivity contribution in [3.05, 3.63) is 0 Å². The van der Waals surface area contributed by atoms with Gasteiger partial charge in [0.25, 0.3) is 0 Å². The van der Waals surface area contributed by atoms with E-state index in [4.69, 9.17) is 9.59 Å². The summed E-state index contributed by atoms with van der Waals surface area (Å²) < 4.78 is 78.0. The number of carbonyl (C=O) groups excluding carboxylic acids is 2. The zero-order valence-corrected chi connectivity index (χ0v) is 7.87. The van der Waals surface area contributed by atoms with E-state index < -0.39 is 14.5 Å². The van der Waals surface area contributed by atoms with Crippen LogP contribution in [0, 0.1) is 0 Å². The summed E-state index contributed by atoms with van der Waals surface area (Å²) in [5.74, 6) is 0. The van der Waals surface area contributed by atoms with Crippen LogP contribution in [0.25, 0.3) is 0 Å². The Labute approximate surface area is 90.1 Å². The molecule has 0 spiro atoms. The Bertz CT molecular complexity index is 90.2. The molecule has 0 saturated heterocycles. The molecule has 0 saturated carbocycles. The van der Waals surface area contributed by atoms with Gasteiger partial charge in [0.1, 0.15) is 13.6 Å². The van der Waals surface area contributed by atoms with Gasteiger partial charge in [-0.05, 0) is 0 Å². The third-order valence-electron chi connectivity index (χ3n) is 0. The summed E-state index contributed by atoms with van der Waals surface area (Å²) in [6.45, 7) is 4.00. The Balaban J connectivity index is -0.0000000318. The van der Waals surface area contributed by atoms with Crippen LogP contribution in [-0.4, -0.2) is 28.1 Å². The first-order valence-corrected chi connectivity index (χ1v) is 2.32. The SMILES string of the molecule is C=O.C=O.F[B-](F)(F)F.F[B-](F)(F)F.[Fe+2]. The van der Waals surface area contributed by atoms with Gasteiger partial charge in [-0.3, -0.25) is 0 Å². The Morgan fingerprint density at radius 3 is 0.533 bits per heavy atom. The molecule has 0 atom stereocenters. The number of hydrogen-bond donors (Lipinski definition) is 0. The van der Waals surface area contributed by atoms with Crippen LogP contribution in [0.4, 0.5) is 34.5 Å². The fraction of sp³-hybridized carbons (Fsp3) is 0. The van der Waals surface area contributed by atoms with Crippen LogP contribution >= 0.6 is 0 Å². The van der Waals surface area contributed by atoms with Crippen molar-refractivity contribution >= 4 is 28.1 Å². The summed E-state index contributed by atoms with van der Waals surface area (Å²) >= 11 is 0. The summed E-state index contributed by atoms with van der Waals surface area (Å²) in [7, 11) is -12.0. The molecule has 0 bridgehead atoms. The van der Waals surface area contributed by atoms with Crippen molar-refractivity contribution in [3.8, 4) is 0 Å². The van der Waals surface area contributed by atoms with Gasteiger partial charge < -0.3 is 44.1 Å². The van der Waals surface area contributed by atoms with Gasteiger partial charge in [-0.1, -0.05) is 0 Å². The van der Waals surface area contributed by atoms with Gasteiger partial charge in [-0.25, -0.2) is 0 Å². The standard InChI is InChI=1S/2CH2O.2BF4.Fe/c2*1-2;2*2-1(3,4)5;/h2*1H2;;;/q;;2*-1;+2. The average molecular weight is 290 g/mol. The monoisotopic (exact) mass is 290 g/mol. The molecule has 0 amide bonds. The van der Waals surface area contributed by atoms with Crippen molar-refractivity contribution in [2.75, 3.05) is 0 Å². The fourth-order valence-corrected chi connectivity index (χ4v) is 0. The van der Waals surface area contributed by atoms with Crippen molar-refractivity contribution in [2.45, 2.75) is 0 Å². The van der Waals surface area contributed by atoms with E-state index in [0.29, 0.717) is 0 Å². The van der Waals surface area contributed by atoms with Crippen LogP contribution in [0.2, 0.25) is 0 Å². The molecule has 0 aliphatic rings. The molecular weight excluding hydrogens is 285 g/mol. The maximum absolute atomic E-state index is 9.75. The average Bonchev–Trinajstić information content (AvgIpc) is 1.88. The first-order chi connectivity index (χ1) is 6.00. The van der Waals surface area contributed by atoms with E-state index in [1.165, 1.54) is 0 Å². The molecule has 0 aromatic rings.